The number of rotatable bonds is 4. The molecule has 0 spiro atoms. The highest BCUT2D eigenvalue weighted by atomic mass is 32.2. The summed E-state index contributed by atoms with van der Waals surface area (Å²) in [7, 11) is 1.00. The van der Waals surface area contributed by atoms with Crippen molar-refractivity contribution in [1.29, 1.82) is 0 Å². The fourth-order valence-corrected chi connectivity index (χ4v) is 3.22. The minimum atomic E-state index is -0.722. The Labute approximate surface area is 169 Å². The molecule has 3 N–H and O–H groups in total. The molecule has 1 unspecified atom stereocenters. The number of nitrogens with one attached hydrogen (secondary N) is 1. The van der Waals surface area contributed by atoms with E-state index in [1.807, 2.05) is 11.9 Å². The fourth-order valence-electron chi connectivity index (χ4n) is 2.49. The number of halogens is 2. The zero-order valence-electron chi connectivity index (χ0n) is 16.4. The number of aromatic nitrogens is 1. The summed E-state index contributed by atoms with van der Waals surface area (Å²) in [6, 6.07) is 7.29. The Morgan fingerprint density at radius 3 is 2.50 bits per heavy atom. The summed E-state index contributed by atoms with van der Waals surface area (Å²) in [5.41, 5.74) is 0.557. The van der Waals surface area contributed by atoms with Crippen LogP contribution >= 0.6 is 11.9 Å². The van der Waals surface area contributed by atoms with Crippen molar-refractivity contribution in [2.45, 2.75) is 26.3 Å². The Balaban J connectivity index is 0.000000268. The average molecular weight is 415 g/mol. The molecule has 0 amide bonds. The number of ether oxygens (including phenoxy) is 1. The molecule has 1 saturated heterocycles. The third-order valence-electron chi connectivity index (χ3n) is 3.97. The van der Waals surface area contributed by atoms with Crippen molar-refractivity contribution in [1.82, 2.24) is 9.71 Å². The number of aliphatic hydroxyl groups is 1. The number of hydrogen-bond acceptors (Lipinski definition) is 6. The van der Waals surface area contributed by atoms with Crippen molar-refractivity contribution >= 4 is 11.9 Å². The van der Waals surface area contributed by atoms with Crippen LogP contribution in [0, 0.1) is 17.6 Å². The second kappa shape index (κ2) is 13.4. The maximum Gasteiger partial charge on any atom is 0.152 e. The van der Waals surface area contributed by atoms with Crippen molar-refractivity contribution in [3.63, 3.8) is 0 Å². The van der Waals surface area contributed by atoms with Crippen LogP contribution in [0.4, 0.5) is 8.78 Å². The van der Waals surface area contributed by atoms with Crippen LogP contribution in [0.25, 0.3) is 11.3 Å². The third kappa shape index (κ3) is 8.10. The highest BCUT2D eigenvalue weighted by Crippen LogP contribution is 2.22. The molecule has 1 fully saturated rings. The molecule has 8 heteroatoms. The summed E-state index contributed by atoms with van der Waals surface area (Å²) in [4.78, 5) is 3.65. The van der Waals surface area contributed by atoms with Gasteiger partial charge in [-0.2, -0.15) is 0 Å². The molecule has 2 atom stereocenters. The molecule has 0 aliphatic carbocycles. The quantitative estimate of drug-likeness (QED) is 0.657. The van der Waals surface area contributed by atoms with E-state index in [1.165, 1.54) is 24.3 Å². The van der Waals surface area contributed by atoms with E-state index in [4.69, 9.17) is 14.9 Å². The van der Waals surface area contributed by atoms with E-state index in [0.29, 0.717) is 17.5 Å². The lowest BCUT2D eigenvalue weighted by molar-refractivity contribution is 0.0457. The summed E-state index contributed by atoms with van der Waals surface area (Å²) in [6.45, 7) is 6.25. The molecule has 5 nitrogen and oxygen atoms in total. The summed E-state index contributed by atoms with van der Waals surface area (Å²) in [5, 5.41) is 16.0. The number of nitrogens with zero attached hydrogens (tertiary/aromatic N) is 1. The molecule has 0 bridgehead atoms. The summed E-state index contributed by atoms with van der Waals surface area (Å²) in [6.07, 6.45) is 2.11. The second-order valence-electron chi connectivity index (χ2n) is 6.03. The average Bonchev–Trinajstić information content (AvgIpc) is 2.70. The fraction of sp³-hybridized carbons (Fsp3) is 0.450. The molecular weight excluding hydrogens is 386 g/mol. The van der Waals surface area contributed by atoms with Crippen LogP contribution in [-0.4, -0.2) is 47.3 Å². The Bertz CT molecular complexity index is 690. The molecule has 1 aromatic carbocycles. The Hall–Kier alpha value is -1.74. The Morgan fingerprint density at radius 2 is 1.93 bits per heavy atom. The van der Waals surface area contributed by atoms with E-state index in [0.717, 1.165) is 44.8 Å². The van der Waals surface area contributed by atoms with Crippen molar-refractivity contribution in [3.8, 4) is 17.0 Å². The van der Waals surface area contributed by atoms with Gasteiger partial charge >= 0.3 is 0 Å². The molecule has 156 valence electrons. The zero-order valence-corrected chi connectivity index (χ0v) is 17.2. The SMILES string of the molecule is CCSNC1CCOC[C@@H]1C.CO.Oc1ccc(-c2ncc(F)cc2F)cc1. The van der Waals surface area contributed by atoms with Crippen LogP contribution in [0.5, 0.6) is 5.75 Å². The van der Waals surface area contributed by atoms with Crippen LogP contribution in [0.15, 0.2) is 36.5 Å². The van der Waals surface area contributed by atoms with Gasteiger partial charge in [-0.3, -0.25) is 9.71 Å². The van der Waals surface area contributed by atoms with E-state index in [1.54, 1.807) is 0 Å². The van der Waals surface area contributed by atoms with Gasteiger partial charge in [0.25, 0.3) is 0 Å². The summed E-state index contributed by atoms with van der Waals surface area (Å²) >= 11 is 1.81. The van der Waals surface area contributed by atoms with Crippen LogP contribution in [-0.2, 0) is 4.74 Å². The first kappa shape index (κ1) is 24.3. The lowest BCUT2D eigenvalue weighted by Gasteiger charge is -2.28. The highest BCUT2D eigenvalue weighted by Gasteiger charge is 2.20. The molecule has 28 heavy (non-hydrogen) atoms. The predicted octanol–water partition coefficient (Wildman–Crippen LogP) is 4.01. The van der Waals surface area contributed by atoms with E-state index < -0.39 is 11.6 Å². The van der Waals surface area contributed by atoms with Gasteiger partial charge in [-0.25, -0.2) is 8.78 Å². The molecule has 2 aromatic rings. The normalized spacial score (nSPS) is 18.4. The molecule has 0 radical (unpaired) electrons. The van der Waals surface area contributed by atoms with E-state index in [-0.39, 0.29) is 11.4 Å². The Morgan fingerprint density at radius 1 is 1.25 bits per heavy atom. The lowest BCUT2D eigenvalue weighted by Crippen LogP contribution is -2.38. The van der Waals surface area contributed by atoms with Gasteiger partial charge in [0.15, 0.2) is 5.82 Å². The number of phenolic OH excluding ortho intramolecular Hbond substituents is 1. The van der Waals surface area contributed by atoms with Gasteiger partial charge in [-0.1, -0.05) is 25.8 Å². The van der Waals surface area contributed by atoms with Gasteiger partial charge in [0.1, 0.15) is 17.3 Å². The maximum absolute atomic E-state index is 13.3. The van der Waals surface area contributed by atoms with Gasteiger partial charge in [0.05, 0.1) is 12.8 Å². The van der Waals surface area contributed by atoms with Crippen LogP contribution < -0.4 is 4.72 Å². The summed E-state index contributed by atoms with van der Waals surface area (Å²) < 4.78 is 34.7. The number of aliphatic hydroxyl groups excluding tert-OH is 1. The minimum absolute atomic E-state index is 0.0661. The van der Waals surface area contributed by atoms with E-state index in [9.17, 15) is 8.78 Å². The maximum atomic E-state index is 13.3. The zero-order chi connectivity index (χ0) is 20.9. The predicted molar refractivity (Wildman–Crippen MR) is 109 cm³/mol. The van der Waals surface area contributed by atoms with Crippen molar-refractivity contribution in [3.05, 3.63) is 48.2 Å². The number of hydrogen-bond donors (Lipinski definition) is 3. The van der Waals surface area contributed by atoms with E-state index >= 15 is 0 Å². The molecule has 2 heterocycles. The smallest absolute Gasteiger partial charge is 0.152 e. The van der Waals surface area contributed by atoms with Crippen molar-refractivity contribution < 1.29 is 23.7 Å². The number of phenols is 1. The van der Waals surface area contributed by atoms with Crippen molar-refractivity contribution in [2.24, 2.45) is 5.92 Å². The largest absolute Gasteiger partial charge is 0.508 e. The standard InChI is InChI=1S/C11H7F2NO.C8H17NOS.CH4O/c12-8-5-10(13)11(14-6-8)7-1-3-9(15)4-2-7;1-3-11-9-8-4-5-10-6-7(8)2;1-2/h1-6,15H;7-9H,3-6H2,1-2H3;2H,1H3/t;7-,8?;/m.0./s1. The first-order valence-corrected chi connectivity index (χ1v) is 10.00. The molecular formula is C20H28F2N2O3S. The number of benzene rings is 1. The summed E-state index contributed by atoms with van der Waals surface area (Å²) in [5.74, 6) is 0.462. The first-order chi connectivity index (χ1) is 13.5. The molecule has 0 saturated carbocycles. The number of aromatic hydroxyl groups is 1. The van der Waals surface area contributed by atoms with Gasteiger partial charge in [-0.15, -0.1) is 0 Å². The molecule has 1 aliphatic rings. The minimum Gasteiger partial charge on any atom is -0.508 e. The van der Waals surface area contributed by atoms with Crippen LogP contribution in [0.1, 0.15) is 20.3 Å². The van der Waals surface area contributed by atoms with Gasteiger partial charge < -0.3 is 14.9 Å². The van der Waals surface area contributed by atoms with Crippen LogP contribution in [0.3, 0.4) is 0 Å². The molecule has 3 rings (SSSR count). The van der Waals surface area contributed by atoms with Gasteiger partial charge in [-0.05, 0) is 36.6 Å². The van der Waals surface area contributed by atoms with Gasteiger partial charge in [0.2, 0.25) is 0 Å². The third-order valence-corrected chi connectivity index (χ3v) is 4.73. The number of pyridine rings is 1. The van der Waals surface area contributed by atoms with Crippen LogP contribution in [0.2, 0.25) is 0 Å². The topological polar surface area (TPSA) is 74.6 Å². The first-order valence-electron chi connectivity index (χ1n) is 9.01. The van der Waals surface area contributed by atoms with Crippen molar-refractivity contribution in [2.75, 3.05) is 26.1 Å². The van der Waals surface area contributed by atoms with Gasteiger partial charge in [0, 0.05) is 37.1 Å². The second-order valence-corrected chi connectivity index (χ2v) is 7.13. The molecule has 1 aromatic heterocycles. The lowest BCUT2D eigenvalue weighted by atomic mass is 9.99. The van der Waals surface area contributed by atoms with E-state index in [2.05, 4.69) is 23.6 Å². The monoisotopic (exact) mass is 414 g/mol. The molecule has 1 aliphatic heterocycles. The Kier molecular flexibility index (Phi) is 11.7. The highest BCUT2D eigenvalue weighted by molar-refractivity contribution is 7.97.